The van der Waals surface area contributed by atoms with E-state index < -0.39 is 53.2 Å². The fraction of sp³-hybridized carbons (Fsp3) is 0.522. The molecule has 0 aromatic carbocycles. The highest BCUT2D eigenvalue weighted by Crippen LogP contribution is 2.37. The molecule has 15 heteroatoms. The van der Waals surface area contributed by atoms with E-state index in [-0.39, 0.29) is 35.4 Å². The Kier molecular flexibility index (Phi) is 9.17. The van der Waals surface area contributed by atoms with E-state index in [2.05, 4.69) is 15.3 Å². The number of rotatable bonds is 9. The maximum Gasteiger partial charge on any atom is 0.311 e. The fourth-order valence-corrected chi connectivity index (χ4v) is 4.51. The summed E-state index contributed by atoms with van der Waals surface area (Å²) < 4.78 is 28.9. The van der Waals surface area contributed by atoms with Crippen molar-refractivity contribution in [3.63, 3.8) is 0 Å². The number of aromatic nitrogens is 3. The van der Waals surface area contributed by atoms with E-state index in [4.69, 9.17) is 23.7 Å². The van der Waals surface area contributed by atoms with Gasteiger partial charge in [0, 0.05) is 27.7 Å². The molecule has 4 atom stereocenters. The van der Waals surface area contributed by atoms with Gasteiger partial charge < -0.3 is 23.7 Å². The number of nitrogens with zero attached hydrogens (tertiary/aromatic N) is 3. The van der Waals surface area contributed by atoms with Crippen molar-refractivity contribution in [1.29, 1.82) is 0 Å². The van der Waals surface area contributed by atoms with Crippen LogP contribution >= 0.6 is 11.3 Å². The van der Waals surface area contributed by atoms with Crippen LogP contribution < -0.4 is 14.9 Å². The molecule has 1 N–H and O–H groups in total. The lowest BCUT2D eigenvalue weighted by Gasteiger charge is -2.23. The third kappa shape index (κ3) is 6.92. The SMILES string of the molecule is CC(=O)Nc1nc(OCC=C(C)C)c2sc(=O)n([C@@H]3O[C@H](COC(C)=O)[C@@H](OC(C)=O)[C@H]3OC(C)=O)c2n1. The number of amides is 1. The number of fused-ring (bicyclic) bond motifs is 1. The summed E-state index contributed by atoms with van der Waals surface area (Å²) in [6.45, 7) is 8.29. The molecule has 0 saturated carbocycles. The number of thiazole rings is 1. The van der Waals surface area contributed by atoms with Crippen molar-refractivity contribution < 1.29 is 42.9 Å². The molecule has 0 bridgehead atoms. The predicted octanol–water partition coefficient (Wildman–Crippen LogP) is 1.48. The monoisotopic (exact) mass is 552 g/mol. The molecular formula is C23H28N4O10S. The van der Waals surface area contributed by atoms with Crippen LogP contribution in [0.2, 0.25) is 0 Å². The summed E-state index contributed by atoms with van der Waals surface area (Å²) in [5, 5.41) is 2.46. The van der Waals surface area contributed by atoms with Gasteiger partial charge in [-0.25, -0.2) is 0 Å². The molecule has 0 aliphatic carbocycles. The molecule has 14 nitrogen and oxygen atoms in total. The smallest absolute Gasteiger partial charge is 0.311 e. The largest absolute Gasteiger partial charge is 0.472 e. The van der Waals surface area contributed by atoms with Crippen molar-refractivity contribution in [2.24, 2.45) is 0 Å². The van der Waals surface area contributed by atoms with Gasteiger partial charge in [0.2, 0.25) is 17.7 Å². The van der Waals surface area contributed by atoms with Gasteiger partial charge in [0.15, 0.2) is 24.1 Å². The lowest BCUT2D eigenvalue weighted by atomic mass is 10.1. The van der Waals surface area contributed by atoms with Crippen molar-refractivity contribution in [1.82, 2.24) is 14.5 Å². The Bertz CT molecular complexity index is 1330. The molecule has 3 rings (SSSR count). The Hall–Kier alpha value is -3.85. The van der Waals surface area contributed by atoms with Gasteiger partial charge in [-0.05, 0) is 19.9 Å². The molecule has 3 heterocycles. The zero-order chi connectivity index (χ0) is 28.1. The van der Waals surface area contributed by atoms with E-state index >= 15 is 0 Å². The maximum absolute atomic E-state index is 13.3. The summed E-state index contributed by atoms with van der Waals surface area (Å²) in [4.78, 5) is 68.2. The molecule has 1 aliphatic heterocycles. The molecule has 0 unspecified atom stereocenters. The lowest BCUT2D eigenvalue weighted by molar-refractivity contribution is -0.166. The second-order valence-corrected chi connectivity index (χ2v) is 9.49. The normalized spacial score (nSPS) is 20.5. The average molecular weight is 553 g/mol. The van der Waals surface area contributed by atoms with Gasteiger partial charge in [0.25, 0.3) is 0 Å². The Morgan fingerprint density at radius 2 is 1.66 bits per heavy atom. The fourth-order valence-electron chi connectivity index (χ4n) is 3.62. The predicted molar refractivity (Wildman–Crippen MR) is 133 cm³/mol. The molecule has 0 radical (unpaired) electrons. The minimum Gasteiger partial charge on any atom is -0.472 e. The minimum atomic E-state index is -1.34. The van der Waals surface area contributed by atoms with E-state index in [1.54, 1.807) is 6.08 Å². The Morgan fingerprint density at radius 3 is 2.24 bits per heavy atom. The van der Waals surface area contributed by atoms with Crippen molar-refractivity contribution >= 4 is 51.4 Å². The van der Waals surface area contributed by atoms with Gasteiger partial charge >= 0.3 is 22.8 Å². The topological polar surface area (TPSA) is 174 Å². The van der Waals surface area contributed by atoms with Gasteiger partial charge in [-0.1, -0.05) is 16.9 Å². The summed E-state index contributed by atoms with van der Waals surface area (Å²) >= 11 is 0.745. The number of esters is 3. The standard InChI is InChI=1S/C23H28N4O10S/c1-10(2)7-8-33-20-18-19(25-22(26-20)24-11(3)28)27(23(32)38-18)21-17(36-14(6)31)16(35-13(5)30)15(37-21)9-34-12(4)29/h7,15-17,21H,8-9H2,1-6H3,(H,24,25,26,28)/t15-,16-,17-,21-/m1/s1. The quantitative estimate of drug-likeness (QED) is 0.270. The first kappa shape index (κ1) is 28.7. The molecule has 38 heavy (non-hydrogen) atoms. The molecular weight excluding hydrogens is 524 g/mol. The molecule has 1 amide bonds. The van der Waals surface area contributed by atoms with Crippen molar-refractivity contribution in [3.05, 3.63) is 21.3 Å². The molecule has 1 saturated heterocycles. The van der Waals surface area contributed by atoms with Gasteiger partial charge in [-0.15, -0.1) is 0 Å². The number of carbonyl (C=O) groups excluding carboxylic acids is 4. The first-order valence-corrected chi connectivity index (χ1v) is 12.3. The second kappa shape index (κ2) is 12.1. The van der Waals surface area contributed by atoms with Crippen LogP contribution in [0.1, 0.15) is 47.8 Å². The zero-order valence-corrected chi connectivity index (χ0v) is 22.4. The van der Waals surface area contributed by atoms with E-state index in [0.29, 0.717) is 0 Å². The molecule has 0 spiro atoms. The van der Waals surface area contributed by atoms with E-state index in [9.17, 15) is 24.0 Å². The van der Waals surface area contributed by atoms with Crippen molar-refractivity contribution in [2.75, 3.05) is 18.5 Å². The summed E-state index contributed by atoms with van der Waals surface area (Å²) in [5.74, 6) is -2.63. The Balaban J connectivity index is 2.17. The van der Waals surface area contributed by atoms with Crippen LogP contribution in [0.15, 0.2) is 16.4 Å². The number of hydrogen-bond donors (Lipinski definition) is 1. The van der Waals surface area contributed by atoms with Crippen LogP contribution in [0.5, 0.6) is 5.88 Å². The lowest BCUT2D eigenvalue weighted by Crippen LogP contribution is -2.41. The number of nitrogens with one attached hydrogen (secondary N) is 1. The average Bonchev–Trinajstić information content (AvgIpc) is 3.27. The maximum atomic E-state index is 13.3. The highest BCUT2D eigenvalue weighted by molar-refractivity contribution is 7.16. The highest BCUT2D eigenvalue weighted by Gasteiger charge is 2.51. The summed E-state index contributed by atoms with van der Waals surface area (Å²) in [6.07, 6.45) is -3.14. The first-order valence-electron chi connectivity index (χ1n) is 11.5. The second-order valence-electron chi connectivity index (χ2n) is 8.53. The van der Waals surface area contributed by atoms with Crippen molar-refractivity contribution in [2.45, 2.75) is 66.1 Å². The molecule has 1 fully saturated rings. The molecule has 1 aliphatic rings. The number of allylic oxidation sites excluding steroid dienone is 1. The summed E-state index contributed by atoms with van der Waals surface area (Å²) in [6, 6.07) is 0. The third-order valence-electron chi connectivity index (χ3n) is 5.03. The number of carbonyl (C=O) groups is 4. The van der Waals surface area contributed by atoms with Gasteiger partial charge in [-0.2, -0.15) is 9.97 Å². The minimum absolute atomic E-state index is 0.0165. The van der Waals surface area contributed by atoms with E-state index in [1.165, 1.54) is 13.8 Å². The van der Waals surface area contributed by atoms with Crippen LogP contribution in [0.25, 0.3) is 10.3 Å². The first-order chi connectivity index (χ1) is 17.9. The van der Waals surface area contributed by atoms with Gasteiger partial charge in [-0.3, -0.25) is 33.9 Å². The summed E-state index contributed by atoms with van der Waals surface area (Å²) in [5.41, 5.74) is 1.00. The zero-order valence-electron chi connectivity index (χ0n) is 21.6. The van der Waals surface area contributed by atoms with Crippen LogP contribution in [-0.2, 0) is 38.1 Å². The van der Waals surface area contributed by atoms with E-state index in [1.807, 2.05) is 13.8 Å². The molecule has 206 valence electrons. The van der Waals surface area contributed by atoms with Gasteiger partial charge in [0.05, 0.1) is 0 Å². The third-order valence-corrected chi connectivity index (χ3v) is 5.96. The van der Waals surface area contributed by atoms with Crippen LogP contribution in [0.3, 0.4) is 0 Å². The van der Waals surface area contributed by atoms with Crippen LogP contribution in [-0.4, -0.2) is 69.9 Å². The number of hydrogen-bond acceptors (Lipinski definition) is 13. The van der Waals surface area contributed by atoms with E-state index in [0.717, 1.165) is 35.3 Å². The van der Waals surface area contributed by atoms with Crippen molar-refractivity contribution in [3.8, 4) is 5.88 Å². The van der Waals surface area contributed by atoms with Crippen LogP contribution in [0, 0.1) is 0 Å². The number of ether oxygens (including phenoxy) is 5. The Labute approximate surface area is 220 Å². The molecule has 2 aromatic rings. The molecule has 2 aromatic heterocycles. The number of anilines is 1. The summed E-state index contributed by atoms with van der Waals surface area (Å²) in [7, 11) is 0. The highest BCUT2D eigenvalue weighted by atomic mass is 32.1. The Morgan fingerprint density at radius 1 is 1.00 bits per heavy atom. The van der Waals surface area contributed by atoms with Gasteiger partial charge in [0.1, 0.15) is 24.0 Å². The van der Waals surface area contributed by atoms with Crippen LogP contribution in [0.4, 0.5) is 5.95 Å².